The second-order valence-corrected chi connectivity index (χ2v) is 8.80. The van der Waals surface area contributed by atoms with Crippen LogP contribution in [-0.4, -0.2) is 4.98 Å². The molecule has 1 heterocycles. The van der Waals surface area contributed by atoms with Crippen molar-refractivity contribution in [2.24, 2.45) is 0 Å². The van der Waals surface area contributed by atoms with E-state index in [0.717, 1.165) is 0 Å². The largest absolute Gasteiger partial charge is 0.241 e. The lowest BCUT2D eigenvalue weighted by molar-refractivity contribution is 0.462. The van der Waals surface area contributed by atoms with E-state index in [-0.39, 0.29) is 0 Å². The van der Waals surface area contributed by atoms with Crippen LogP contribution in [0.2, 0.25) is 0 Å². The molecule has 0 unspecified atom stereocenters. The van der Waals surface area contributed by atoms with Crippen molar-refractivity contribution in [3.05, 3.63) is 71.3 Å². The summed E-state index contributed by atoms with van der Waals surface area (Å²) in [6.07, 6.45) is 27.2. The summed E-state index contributed by atoms with van der Waals surface area (Å²) in [7, 11) is 0. The van der Waals surface area contributed by atoms with E-state index in [1.807, 2.05) is 11.3 Å². The molecule has 0 bridgehead atoms. The van der Waals surface area contributed by atoms with Crippen molar-refractivity contribution >= 4 is 27.1 Å². The van der Waals surface area contributed by atoms with Gasteiger partial charge in [0.15, 0.2) is 0 Å². The molecule has 2 heteroatoms. The Morgan fingerprint density at radius 3 is 2.30 bits per heavy atom. The van der Waals surface area contributed by atoms with Gasteiger partial charge in [0.05, 0.1) is 15.2 Å². The lowest BCUT2D eigenvalue weighted by Gasteiger charge is -2.16. The van der Waals surface area contributed by atoms with Crippen molar-refractivity contribution < 1.29 is 0 Å². The normalized spacial score (nSPS) is 25.1. The van der Waals surface area contributed by atoms with Crippen LogP contribution < -0.4 is 0 Å². The van der Waals surface area contributed by atoms with E-state index in [0.29, 0.717) is 5.92 Å². The fraction of sp³-hybridized carbons (Fsp3) is 0.400. The van der Waals surface area contributed by atoms with Crippen LogP contribution in [-0.2, 0) is 0 Å². The van der Waals surface area contributed by atoms with Gasteiger partial charge in [0.25, 0.3) is 0 Å². The first kappa shape index (κ1) is 18.4. The Balaban J connectivity index is 1.58. The number of hydrogen-bond acceptors (Lipinski definition) is 2. The van der Waals surface area contributed by atoms with Gasteiger partial charge in [0.2, 0.25) is 0 Å². The Morgan fingerprint density at radius 2 is 1.48 bits per heavy atom. The summed E-state index contributed by atoms with van der Waals surface area (Å²) in [5, 5.41) is 1.37. The zero-order valence-corrected chi connectivity index (χ0v) is 16.9. The fourth-order valence-corrected chi connectivity index (χ4v) is 5.29. The van der Waals surface area contributed by atoms with Gasteiger partial charge in [0, 0.05) is 5.92 Å². The molecule has 4 rings (SSSR count). The van der Waals surface area contributed by atoms with Crippen molar-refractivity contribution in [1.29, 1.82) is 0 Å². The van der Waals surface area contributed by atoms with E-state index in [2.05, 4.69) is 60.7 Å². The predicted octanol–water partition coefficient (Wildman–Crippen LogP) is 7.97. The molecule has 0 radical (unpaired) electrons. The Labute approximate surface area is 167 Å². The van der Waals surface area contributed by atoms with E-state index in [4.69, 9.17) is 4.98 Å². The number of aromatic nitrogens is 1. The highest BCUT2D eigenvalue weighted by Crippen LogP contribution is 2.36. The second kappa shape index (κ2) is 9.32. The van der Waals surface area contributed by atoms with Crippen molar-refractivity contribution in [2.75, 3.05) is 0 Å². The lowest BCUT2D eigenvalue weighted by Crippen LogP contribution is -2.00. The first-order valence-electron chi connectivity index (χ1n) is 10.5. The van der Waals surface area contributed by atoms with Gasteiger partial charge in [-0.25, -0.2) is 4.98 Å². The third-order valence-corrected chi connectivity index (χ3v) is 6.87. The Kier molecular flexibility index (Phi) is 6.36. The molecular formula is C25H29NS. The minimum atomic E-state index is 0.664. The van der Waals surface area contributed by atoms with Gasteiger partial charge in [0.1, 0.15) is 0 Å². The molecule has 1 aromatic carbocycles. The average molecular weight is 376 g/mol. The topological polar surface area (TPSA) is 12.9 Å². The van der Waals surface area contributed by atoms with E-state index in [1.54, 1.807) is 0 Å². The summed E-state index contributed by atoms with van der Waals surface area (Å²) in [4.78, 5) is 5.04. The quantitative estimate of drug-likeness (QED) is 0.518. The number of benzene rings is 1. The maximum atomic E-state index is 5.04. The highest BCUT2D eigenvalue weighted by molar-refractivity contribution is 7.18. The predicted molar refractivity (Wildman–Crippen MR) is 119 cm³/mol. The molecule has 140 valence electrons. The number of nitrogens with zero attached hydrogens (tertiary/aromatic N) is 1. The van der Waals surface area contributed by atoms with Gasteiger partial charge in [-0.15, -0.1) is 11.3 Å². The summed E-state index contributed by atoms with van der Waals surface area (Å²) in [5.41, 5.74) is 3.70. The molecule has 1 aromatic heterocycles. The molecule has 1 nitrogen and oxygen atoms in total. The van der Waals surface area contributed by atoms with Gasteiger partial charge in [-0.3, -0.25) is 0 Å². The SMILES string of the molecule is C1=C\C=C/C(c2ccc3nc(C4CCCCCCCCC4)sc3c2)=C\C=C/1. The van der Waals surface area contributed by atoms with E-state index in [1.165, 1.54) is 84.1 Å². The number of allylic oxidation sites excluding steroid dienone is 8. The van der Waals surface area contributed by atoms with Crippen molar-refractivity contribution in [2.45, 2.75) is 63.7 Å². The van der Waals surface area contributed by atoms with Gasteiger partial charge in [-0.2, -0.15) is 0 Å². The van der Waals surface area contributed by atoms with Gasteiger partial charge in [-0.1, -0.05) is 93.5 Å². The molecule has 1 saturated carbocycles. The van der Waals surface area contributed by atoms with Crippen molar-refractivity contribution in [3.8, 4) is 0 Å². The van der Waals surface area contributed by atoms with Crippen LogP contribution in [0.4, 0.5) is 0 Å². The minimum Gasteiger partial charge on any atom is -0.241 e. The van der Waals surface area contributed by atoms with E-state index in [9.17, 15) is 0 Å². The zero-order valence-electron chi connectivity index (χ0n) is 16.1. The first-order chi connectivity index (χ1) is 13.4. The molecule has 1 fully saturated rings. The highest BCUT2D eigenvalue weighted by atomic mass is 32.1. The average Bonchev–Trinajstić information content (AvgIpc) is 3.09. The molecule has 2 aromatic rings. The summed E-state index contributed by atoms with van der Waals surface area (Å²) in [6, 6.07) is 6.75. The molecule has 2 aliphatic rings. The molecule has 0 spiro atoms. The summed E-state index contributed by atoms with van der Waals surface area (Å²) in [5.74, 6) is 0.664. The molecular weight excluding hydrogens is 346 g/mol. The van der Waals surface area contributed by atoms with Crippen LogP contribution in [0.25, 0.3) is 15.8 Å². The summed E-state index contributed by atoms with van der Waals surface area (Å²) in [6.45, 7) is 0. The molecule has 27 heavy (non-hydrogen) atoms. The number of hydrogen-bond donors (Lipinski definition) is 0. The summed E-state index contributed by atoms with van der Waals surface area (Å²) < 4.78 is 1.33. The van der Waals surface area contributed by atoms with Crippen molar-refractivity contribution in [3.63, 3.8) is 0 Å². The molecule has 0 saturated heterocycles. The minimum absolute atomic E-state index is 0.664. The van der Waals surface area contributed by atoms with Crippen molar-refractivity contribution in [1.82, 2.24) is 4.98 Å². The van der Waals surface area contributed by atoms with Crippen LogP contribution in [0.1, 0.15) is 74.3 Å². The Bertz CT molecular complexity index is 871. The van der Waals surface area contributed by atoms with Crippen LogP contribution >= 0.6 is 11.3 Å². The van der Waals surface area contributed by atoms with Crippen LogP contribution in [0.5, 0.6) is 0 Å². The van der Waals surface area contributed by atoms with Gasteiger partial charge in [-0.05, 0) is 36.1 Å². The van der Waals surface area contributed by atoms with E-state index < -0.39 is 0 Å². The lowest BCUT2D eigenvalue weighted by atomic mass is 9.93. The standard InChI is InChI=1S/C25H29NS/c1-2-5-11-15-21(16-12-6-3-1)25-26-23-18-17-22(19-24(23)27-25)20-13-9-7-4-8-10-14-20/h4,7-10,13-14,17-19,21H,1-3,5-6,11-12,15-16H2/b7-4-,8-4?,9-7?,10-8-,13-9-,14-10?,20-13?,20-14+. The second-order valence-electron chi connectivity index (χ2n) is 7.73. The molecule has 0 amide bonds. The molecule has 0 N–H and O–H groups in total. The maximum absolute atomic E-state index is 5.04. The smallest absolute Gasteiger partial charge is 0.0969 e. The molecule has 0 atom stereocenters. The van der Waals surface area contributed by atoms with Crippen LogP contribution in [0, 0.1) is 0 Å². The zero-order chi connectivity index (χ0) is 18.3. The van der Waals surface area contributed by atoms with Crippen LogP contribution in [0.15, 0.2) is 60.7 Å². The van der Waals surface area contributed by atoms with Gasteiger partial charge >= 0.3 is 0 Å². The monoisotopic (exact) mass is 375 g/mol. The third-order valence-electron chi connectivity index (χ3n) is 5.69. The summed E-state index contributed by atoms with van der Waals surface area (Å²) >= 11 is 1.92. The highest BCUT2D eigenvalue weighted by Gasteiger charge is 2.17. The molecule has 0 aliphatic heterocycles. The van der Waals surface area contributed by atoms with Gasteiger partial charge < -0.3 is 0 Å². The van der Waals surface area contributed by atoms with Crippen LogP contribution in [0.3, 0.4) is 0 Å². The number of thiazole rings is 1. The number of rotatable bonds is 2. The van der Waals surface area contributed by atoms with E-state index >= 15 is 0 Å². The Hall–Kier alpha value is -1.93. The number of fused-ring (bicyclic) bond motifs is 1. The Morgan fingerprint density at radius 1 is 0.778 bits per heavy atom. The third kappa shape index (κ3) is 4.87. The molecule has 2 aliphatic carbocycles. The first-order valence-corrected chi connectivity index (χ1v) is 11.3. The fourth-order valence-electron chi connectivity index (χ4n) is 4.11. The maximum Gasteiger partial charge on any atom is 0.0969 e.